The first-order valence-electron chi connectivity index (χ1n) is 12.7. The molecule has 1 heterocycles. The molecule has 2 atom stereocenters. The fourth-order valence-corrected chi connectivity index (χ4v) is 4.68. The standard InChI is InChI=1S/C30H34FN3O4/c1-19-9-12-27(21(3)13-19)38-18-24-16-23(31)17-34(24)29(35)15-22-10-11-26(28(14-22)37-4)33-30(36)32-25-8-6-5-7-20(25)2/h5-14,23-24H,15-18H2,1-4H3,(H2,32,33,36). The Morgan fingerprint density at radius 3 is 2.45 bits per heavy atom. The van der Waals surface area contributed by atoms with Gasteiger partial charge in [0.05, 0.1) is 31.8 Å². The number of carbonyl (C=O) groups excluding carboxylic acids is 2. The van der Waals surface area contributed by atoms with Crippen LogP contribution in [-0.2, 0) is 11.2 Å². The largest absolute Gasteiger partial charge is 0.495 e. The molecule has 3 amide bonds. The van der Waals surface area contributed by atoms with Crippen LogP contribution in [0.25, 0.3) is 0 Å². The average Bonchev–Trinajstić information content (AvgIpc) is 3.26. The normalized spacial score (nSPS) is 16.7. The quantitative estimate of drug-likeness (QED) is 0.393. The molecule has 0 bridgehead atoms. The predicted octanol–water partition coefficient (Wildman–Crippen LogP) is 5.82. The summed E-state index contributed by atoms with van der Waals surface area (Å²) in [6.45, 7) is 6.18. The first kappa shape index (κ1) is 27.0. The Balaban J connectivity index is 1.39. The second-order valence-corrected chi connectivity index (χ2v) is 9.72. The molecule has 7 nitrogen and oxygen atoms in total. The van der Waals surface area contributed by atoms with Crippen molar-refractivity contribution < 1.29 is 23.5 Å². The van der Waals surface area contributed by atoms with Gasteiger partial charge in [-0.15, -0.1) is 0 Å². The van der Waals surface area contributed by atoms with E-state index in [1.165, 1.54) is 7.11 Å². The summed E-state index contributed by atoms with van der Waals surface area (Å²) in [5, 5.41) is 5.61. The van der Waals surface area contributed by atoms with Gasteiger partial charge in [-0.3, -0.25) is 4.79 Å². The van der Waals surface area contributed by atoms with Gasteiger partial charge in [0.25, 0.3) is 0 Å². The molecule has 1 aliphatic heterocycles. The Hall–Kier alpha value is -4.07. The average molecular weight is 520 g/mol. The minimum atomic E-state index is -1.08. The molecule has 0 saturated carbocycles. The lowest BCUT2D eigenvalue weighted by atomic mass is 10.1. The number of aryl methyl sites for hydroxylation is 3. The summed E-state index contributed by atoms with van der Waals surface area (Å²) in [5.74, 6) is 0.985. The number of nitrogens with one attached hydrogen (secondary N) is 2. The van der Waals surface area contributed by atoms with Crippen molar-refractivity contribution in [3.63, 3.8) is 0 Å². The van der Waals surface area contributed by atoms with Crippen LogP contribution in [0.15, 0.2) is 60.7 Å². The second-order valence-electron chi connectivity index (χ2n) is 9.72. The van der Waals surface area contributed by atoms with E-state index in [2.05, 4.69) is 10.6 Å². The SMILES string of the molecule is COc1cc(CC(=O)N2CC(F)CC2COc2ccc(C)cc2C)ccc1NC(=O)Nc1ccccc1C. The minimum Gasteiger partial charge on any atom is -0.495 e. The van der Waals surface area contributed by atoms with Gasteiger partial charge in [0.15, 0.2) is 0 Å². The van der Waals surface area contributed by atoms with Crippen LogP contribution < -0.4 is 20.1 Å². The lowest BCUT2D eigenvalue weighted by Gasteiger charge is -2.25. The number of rotatable bonds is 8. The molecule has 1 aliphatic rings. The monoisotopic (exact) mass is 519 g/mol. The van der Waals surface area contributed by atoms with E-state index < -0.39 is 12.2 Å². The maximum absolute atomic E-state index is 14.3. The molecular formula is C30H34FN3O4. The number of anilines is 2. The minimum absolute atomic E-state index is 0.0512. The molecule has 2 unspecified atom stereocenters. The number of carbonyl (C=O) groups is 2. The molecule has 38 heavy (non-hydrogen) atoms. The molecule has 3 aromatic rings. The van der Waals surface area contributed by atoms with Crippen LogP contribution >= 0.6 is 0 Å². The fraction of sp³-hybridized carbons (Fsp3) is 0.333. The third kappa shape index (κ3) is 6.62. The third-order valence-corrected chi connectivity index (χ3v) is 6.71. The lowest BCUT2D eigenvalue weighted by Crippen LogP contribution is -2.40. The molecule has 0 radical (unpaired) electrons. The van der Waals surface area contributed by atoms with Gasteiger partial charge in [-0.05, 0) is 61.7 Å². The second kappa shape index (κ2) is 12.0. The van der Waals surface area contributed by atoms with Crippen LogP contribution in [0.1, 0.15) is 28.7 Å². The molecule has 0 aliphatic carbocycles. The summed E-state index contributed by atoms with van der Waals surface area (Å²) in [4.78, 5) is 27.3. The number of nitrogens with zero attached hydrogens (tertiary/aromatic N) is 1. The summed E-state index contributed by atoms with van der Waals surface area (Å²) in [6.07, 6.45) is -0.753. The number of methoxy groups -OCH3 is 1. The van der Waals surface area contributed by atoms with Gasteiger partial charge in [0.2, 0.25) is 5.91 Å². The van der Waals surface area contributed by atoms with Gasteiger partial charge >= 0.3 is 6.03 Å². The zero-order valence-corrected chi connectivity index (χ0v) is 22.2. The van der Waals surface area contributed by atoms with Gasteiger partial charge in [-0.1, -0.05) is 42.0 Å². The molecule has 2 N–H and O–H groups in total. The van der Waals surface area contributed by atoms with Crippen LogP contribution in [-0.4, -0.2) is 49.3 Å². The molecular weight excluding hydrogens is 485 g/mol. The van der Waals surface area contributed by atoms with Crippen molar-refractivity contribution in [2.24, 2.45) is 0 Å². The molecule has 4 rings (SSSR count). The summed E-state index contributed by atoms with van der Waals surface area (Å²) < 4.78 is 25.8. The number of benzene rings is 3. The van der Waals surface area contributed by atoms with Crippen molar-refractivity contribution in [2.75, 3.05) is 30.9 Å². The highest BCUT2D eigenvalue weighted by Crippen LogP contribution is 2.28. The molecule has 3 aromatic carbocycles. The summed E-state index contributed by atoms with van der Waals surface area (Å²) in [5.41, 5.74) is 4.97. The number of alkyl halides is 1. The highest BCUT2D eigenvalue weighted by molar-refractivity contribution is 6.01. The Labute approximate surface area is 222 Å². The first-order valence-corrected chi connectivity index (χ1v) is 12.7. The molecule has 0 spiro atoms. The van der Waals surface area contributed by atoms with Crippen LogP contribution in [0.2, 0.25) is 0 Å². The first-order chi connectivity index (χ1) is 18.2. The van der Waals surface area contributed by atoms with Crippen molar-refractivity contribution in [1.82, 2.24) is 4.90 Å². The number of urea groups is 1. The third-order valence-electron chi connectivity index (χ3n) is 6.71. The van der Waals surface area contributed by atoms with Crippen LogP contribution in [0.4, 0.5) is 20.6 Å². The van der Waals surface area contributed by atoms with Crippen molar-refractivity contribution in [2.45, 2.75) is 45.8 Å². The maximum Gasteiger partial charge on any atom is 0.323 e. The van der Waals surface area contributed by atoms with Crippen LogP contribution in [0.5, 0.6) is 11.5 Å². The Bertz CT molecular complexity index is 1310. The molecule has 8 heteroatoms. The van der Waals surface area contributed by atoms with E-state index in [-0.39, 0.29) is 37.9 Å². The number of amides is 3. The number of hydrogen-bond donors (Lipinski definition) is 2. The van der Waals surface area contributed by atoms with Gasteiger partial charge < -0.3 is 25.0 Å². The van der Waals surface area contributed by atoms with Gasteiger partial charge in [-0.2, -0.15) is 0 Å². The maximum atomic E-state index is 14.3. The zero-order chi connectivity index (χ0) is 27.2. The van der Waals surface area contributed by atoms with E-state index in [9.17, 15) is 14.0 Å². The Kier molecular flexibility index (Phi) is 8.51. The summed E-state index contributed by atoms with van der Waals surface area (Å²) >= 11 is 0. The van der Waals surface area contributed by atoms with E-state index >= 15 is 0 Å². The number of hydrogen-bond acceptors (Lipinski definition) is 4. The Morgan fingerprint density at radius 1 is 0.947 bits per heavy atom. The van der Waals surface area contributed by atoms with Crippen molar-refractivity contribution >= 4 is 23.3 Å². The lowest BCUT2D eigenvalue weighted by molar-refractivity contribution is -0.132. The Morgan fingerprint density at radius 2 is 1.71 bits per heavy atom. The predicted molar refractivity (Wildman–Crippen MR) is 147 cm³/mol. The summed E-state index contributed by atoms with van der Waals surface area (Å²) in [6, 6.07) is 17.8. The van der Waals surface area contributed by atoms with Gasteiger partial charge in [0, 0.05) is 12.1 Å². The number of ether oxygens (including phenoxy) is 2. The molecule has 0 aromatic heterocycles. The number of halogens is 1. The molecule has 1 fully saturated rings. The molecule has 200 valence electrons. The van der Waals surface area contributed by atoms with E-state index in [1.807, 2.05) is 63.2 Å². The van der Waals surface area contributed by atoms with E-state index in [1.54, 1.807) is 23.1 Å². The number of para-hydroxylation sites is 1. The zero-order valence-electron chi connectivity index (χ0n) is 22.2. The number of likely N-dealkylation sites (tertiary alicyclic amines) is 1. The molecule has 1 saturated heterocycles. The van der Waals surface area contributed by atoms with Gasteiger partial charge in [-0.25, -0.2) is 9.18 Å². The topological polar surface area (TPSA) is 79.9 Å². The highest BCUT2D eigenvalue weighted by Gasteiger charge is 2.35. The van der Waals surface area contributed by atoms with Crippen LogP contribution in [0, 0.1) is 20.8 Å². The summed E-state index contributed by atoms with van der Waals surface area (Å²) in [7, 11) is 1.50. The van der Waals surface area contributed by atoms with Crippen LogP contribution in [0.3, 0.4) is 0 Å². The van der Waals surface area contributed by atoms with Gasteiger partial charge in [0.1, 0.15) is 24.3 Å². The van der Waals surface area contributed by atoms with Crippen molar-refractivity contribution in [3.05, 3.63) is 82.9 Å². The fourth-order valence-electron chi connectivity index (χ4n) is 4.68. The van der Waals surface area contributed by atoms with E-state index in [0.717, 1.165) is 22.4 Å². The van der Waals surface area contributed by atoms with E-state index in [0.29, 0.717) is 22.7 Å². The highest BCUT2D eigenvalue weighted by atomic mass is 19.1. The smallest absolute Gasteiger partial charge is 0.323 e. The van der Waals surface area contributed by atoms with Crippen molar-refractivity contribution in [3.8, 4) is 11.5 Å². The van der Waals surface area contributed by atoms with Crippen molar-refractivity contribution in [1.29, 1.82) is 0 Å². The van der Waals surface area contributed by atoms with E-state index in [4.69, 9.17) is 9.47 Å².